The van der Waals surface area contributed by atoms with Gasteiger partial charge in [0.05, 0.1) is 12.2 Å². The van der Waals surface area contributed by atoms with Gasteiger partial charge in [-0.05, 0) is 50.6 Å². The maximum atomic E-state index is 12.3. The van der Waals surface area contributed by atoms with Crippen LogP contribution in [0.4, 0.5) is 5.69 Å². The Labute approximate surface area is 141 Å². The number of rotatable bonds is 6. The monoisotopic (exact) mass is 327 g/mol. The van der Waals surface area contributed by atoms with E-state index in [9.17, 15) is 9.59 Å². The number of amides is 1. The van der Waals surface area contributed by atoms with Gasteiger partial charge in [0.25, 0.3) is 5.91 Å². The van der Waals surface area contributed by atoms with Gasteiger partial charge >= 0.3 is 5.97 Å². The fourth-order valence-electron chi connectivity index (χ4n) is 2.19. The third kappa shape index (κ3) is 4.35. The van der Waals surface area contributed by atoms with E-state index in [4.69, 9.17) is 9.47 Å². The number of hydrogen-bond acceptors (Lipinski definition) is 4. The molecule has 5 nitrogen and oxygen atoms in total. The highest BCUT2D eigenvalue weighted by molar-refractivity contribution is 5.98. The van der Waals surface area contributed by atoms with Crippen LogP contribution in [0, 0.1) is 6.92 Å². The molecule has 0 aliphatic rings. The summed E-state index contributed by atoms with van der Waals surface area (Å²) in [5, 5.41) is 2.80. The highest BCUT2D eigenvalue weighted by atomic mass is 16.5. The molecule has 0 spiro atoms. The molecule has 0 saturated heterocycles. The predicted octanol–water partition coefficient (Wildman–Crippen LogP) is 3.58. The molecule has 1 atom stereocenters. The lowest BCUT2D eigenvalue weighted by Gasteiger charge is -2.16. The first kappa shape index (κ1) is 17.5. The third-order valence-electron chi connectivity index (χ3n) is 3.51. The summed E-state index contributed by atoms with van der Waals surface area (Å²) in [7, 11) is 0. The largest absolute Gasteiger partial charge is 0.481 e. The summed E-state index contributed by atoms with van der Waals surface area (Å²) in [6, 6.07) is 14.3. The molecule has 0 heterocycles. The van der Waals surface area contributed by atoms with Gasteiger partial charge in [0.15, 0.2) is 6.10 Å². The topological polar surface area (TPSA) is 64.6 Å². The van der Waals surface area contributed by atoms with Crippen molar-refractivity contribution in [2.24, 2.45) is 0 Å². The number of nitrogens with one attached hydrogen (secondary N) is 1. The second-order valence-electron chi connectivity index (χ2n) is 5.26. The minimum atomic E-state index is -0.668. The van der Waals surface area contributed by atoms with Gasteiger partial charge in [0, 0.05) is 5.69 Å². The summed E-state index contributed by atoms with van der Waals surface area (Å²) in [5.41, 5.74) is 1.66. The van der Waals surface area contributed by atoms with Crippen molar-refractivity contribution in [3.63, 3.8) is 0 Å². The van der Waals surface area contributed by atoms with Gasteiger partial charge in [-0.3, -0.25) is 4.79 Å². The second-order valence-corrected chi connectivity index (χ2v) is 5.26. The zero-order chi connectivity index (χ0) is 17.5. The minimum Gasteiger partial charge on any atom is -0.481 e. The number of hydrogen-bond donors (Lipinski definition) is 1. The predicted molar refractivity (Wildman–Crippen MR) is 92.3 cm³/mol. The van der Waals surface area contributed by atoms with Crippen LogP contribution < -0.4 is 10.1 Å². The molecule has 1 N–H and O–H groups in total. The first-order valence-corrected chi connectivity index (χ1v) is 7.82. The molecule has 2 aromatic rings. The Hall–Kier alpha value is -2.82. The van der Waals surface area contributed by atoms with Crippen molar-refractivity contribution in [2.45, 2.75) is 26.9 Å². The average molecular weight is 327 g/mol. The van der Waals surface area contributed by atoms with Crippen LogP contribution >= 0.6 is 0 Å². The molecular weight excluding hydrogens is 306 g/mol. The smallest absolute Gasteiger partial charge is 0.338 e. The maximum Gasteiger partial charge on any atom is 0.338 e. The molecule has 0 saturated carbocycles. The van der Waals surface area contributed by atoms with Crippen LogP contribution in [0.15, 0.2) is 48.5 Å². The van der Waals surface area contributed by atoms with Crippen LogP contribution in [0.3, 0.4) is 0 Å². The quantitative estimate of drug-likeness (QED) is 0.824. The van der Waals surface area contributed by atoms with Crippen LogP contribution in [0.5, 0.6) is 5.75 Å². The van der Waals surface area contributed by atoms with Gasteiger partial charge in [-0.25, -0.2) is 4.79 Å². The van der Waals surface area contributed by atoms with Crippen LogP contribution in [0.2, 0.25) is 0 Å². The molecule has 5 heteroatoms. The lowest BCUT2D eigenvalue weighted by Crippen LogP contribution is -2.30. The fourth-order valence-corrected chi connectivity index (χ4v) is 2.19. The van der Waals surface area contributed by atoms with Gasteiger partial charge in [-0.2, -0.15) is 0 Å². The molecular formula is C19H21NO4. The Kier molecular flexibility index (Phi) is 5.95. The first-order valence-electron chi connectivity index (χ1n) is 7.82. The molecule has 0 aliphatic carbocycles. The number of carbonyl (C=O) groups excluding carboxylic acids is 2. The van der Waals surface area contributed by atoms with E-state index in [0.717, 1.165) is 0 Å². The normalized spacial score (nSPS) is 11.5. The minimum absolute atomic E-state index is 0.289. The second kappa shape index (κ2) is 8.15. The van der Waals surface area contributed by atoms with Crippen LogP contribution in [-0.2, 0) is 9.53 Å². The third-order valence-corrected chi connectivity index (χ3v) is 3.51. The van der Waals surface area contributed by atoms with Crippen molar-refractivity contribution in [3.8, 4) is 5.75 Å². The van der Waals surface area contributed by atoms with E-state index in [1.165, 1.54) is 0 Å². The van der Waals surface area contributed by atoms with E-state index in [-0.39, 0.29) is 5.91 Å². The van der Waals surface area contributed by atoms with Crippen molar-refractivity contribution in [2.75, 3.05) is 11.9 Å². The summed E-state index contributed by atoms with van der Waals surface area (Å²) in [6.07, 6.45) is -0.668. The fraction of sp³-hybridized carbons (Fsp3) is 0.263. The van der Waals surface area contributed by atoms with Gasteiger partial charge < -0.3 is 14.8 Å². The molecule has 0 aliphatic heterocycles. The summed E-state index contributed by atoms with van der Waals surface area (Å²) < 4.78 is 10.6. The van der Waals surface area contributed by atoms with E-state index >= 15 is 0 Å². The summed E-state index contributed by atoms with van der Waals surface area (Å²) in [5.74, 6) is -0.0696. The molecule has 0 unspecified atom stereocenters. The van der Waals surface area contributed by atoms with Crippen molar-refractivity contribution in [1.29, 1.82) is 0 Å². The lowest BCUT2D eigenvalue weighted by molar-refractivity contribution is -0.122. The number of esters is 1. The van der Waals surface area contributed by atoms with Gasteiger partial charge in [-0.15, -0.1) is 0 Å². The standard InChI is InChI=1S/C19H21NO4/c1-4-23-19(22)16-11-8-12-17(13(16)2)20-18(21)14(3)24-15-9-6-5-7-10-15/h5-12,14H,4H2,1-3H3,(H,20,21)/t14-/m0/s1. The molecule has 2 rings (SSSR count). The van der Waals surface area contributed by atoms with Crippen molar-refractivity contribution in [1.82, 2.24) is 0 Å². The number of carbonyl (C=O) groups is 2. The molecule has 0 fully saturated rings. The van der Waals surface area contributed by atoms with E-state index < -0.39 is 12.1 Å². The molecule has 2 aromatic carbocycles. The number of anilines is 1. The van der Waals surface area contributed by atoms with Gasteiger partial charge in [0.2, 0.25) is 0 Å². The van der Waals surface area contributed by atoms with Crippen LogP contribution in [0.1, 0.15) is 29.8 Å². The number of para-hydroxylation sites is 1. The Morgan fingerprint density at radius 2 is 1.79 bits per heavy atom. The molecule has 24 heavy (non-hydrogen) atoms. The van der Waals surface area contributed by atoms with Crippen molar-refractivity contribution < 1.29 is 19.1 Å². The highest BCUT2D eigenvalue weighted by Gasteiger charge is 2.18. The molecule has 0 aromatic heterocycles. The Morgan fingerprint density at radius 3 is 2.46 bits per heavy atom. The first-order chi connectivity index (χ1) is 11.5. The number of benzene rings is 2. The molecule has 126 valence electrons. The maximum absolute atomic E-state index is 12.3. The SMILES string of the molecule is CCOC(=O)c1cccc(NC(=O)[C@H](C)Oc2ccccc2)c1C. The Balaban J connectivity index is 2.08. The number of ether oxygens (including phenoxy) is 2. The zero-order valence-electron chi connectivity index (χ0n) is 14.0. The summed E-state index contributed by atoms with van der Waals surface area (Å²) in [6.45, 7) is 5.50. The highest BCUT2D eigenvalue weighted by Crippen LogP contribution is 2.20. The molecule has 0 radical (unpaired) electrons. The Bertz CT molecular complexity index is 713. The zero-order valence-corrected chi connectivity index (χ0v) is 14.0. The van der Waals surface area contributed by atoms with Crippen LogP contribution in [-0.4, -0.2) is 24.6 Å². The molecule has 0 bridgehead atoms. The van der Waals surface area contributed by atoms with E-state index in [1.54, 1.807) is 51.1 Å². The van der Waals surface area contributed by atoms with E-state index in [0.29, 0.717) is 29.2 Å². The van der Waals surface area contributed by atoms with E-state index in [2.05, 4.69) is 5.32 Å². The summed E-state index contributed by atoms with van der Waals surface area (Å²) in [4.78, 5) is 24.2. The lowest BCUT2D eigenvalue weighted by atomic mass is 10.1. The van der Waals surface area contributed by atoms with Gasteiger partial charge in [-0.1, -0.05) is 24.3 Å². The van der Waals surface area contributed by atoms with Crippen LogP contribution in [0.25, 0.3) is 0 Å². The van der Waals surface area contributed by atoms with Crippen molar-refractivity contribution in [3.05, 3.63) is 59.7 Å². The average Bonchev–Trinajstić information content (AvgIpc) is 2.57. The van der Waals surface area contributed by atoms with E-state index in [1.807, 2.05) is 18.2 Å². The molecule has 1 amide bonds. The summed E-state index contributed by atoms with van der Waals surface area (Å²) >= 11 is 0. The van der Waals surface area contributed by atoms with Crippen molar-refractivity contribution >= 4 is 17.6 Å². The van der Waals surface area contributed by atoms with Gasteiger partial charge in [0.1, 0.15) is 5.75 Å². The Morgan fingerprint density at radius 1 is 1.08 bits per heavy atom.